The van der Waals surface area contributed by atoms with Crippen LogP contribution in [0.15, 0.2) is 58.0 Å². The van der Waals surface area contributed by atoms with Crippen LogP contribution in [0.4, 0.5) is 0 Å². The molecule has 0 unspecified atom stereocenters. The van der Waals surface area contributed by atoms with Gasteiger partial charge in [-0.05, 0) is 50.6 Å². The van der Waals surface area contributed by atoms with E-state index in [1.54, 1.807) is 24.8 Å². The van der Waals surface area contributed by atoms with Gasteiger partial charge in [-0.15, -0.1) is 0 Å². The lowest BCUT2D eigenvalue weighted by Gasteiger charge is -2.33. The highest BCUT2D eigenvalue weighted by molar-refractivity contribution is 7.89. The highest BCUT2D eigenvalue weighted by Crippen LogP contribution is 2.30. The number of amides is 1. The minimum Gasteiger partial charge on any atom is -0.360 e. The predicted octanol–water partition coefficient (Wildman–Crippen LogP) is 3.97. The van der Waals surface area contributed by atoms with Crippen molar-refractivity contribution in [1.82, 2.24) is 18.9 Å². The maximum Gasteiger partial charge on any atom is 0.248 e. The van der Waals surface area contributed by atoms with Gasteiger partial charge in [-0.1, -0.05) is 29.4 Å². The molecule has 1 aliphatic heterocycles. The van der Waals surface area contributed by atoms with E-state index < -0.39 is 10.0 Å². The van der Waals surface area contributed by atoms with Gasteiger partial charge in [0.15, 0.2) is 5.76 Å². The average molecular weight is 493 g/mol. The third-order valence-corrected chi connectivity index (χ3v) is 8.79. The first-order chi connectivity index (χ1) is 16.8. The quantitative estimate of drug-likeness (QED) is 0.394. The van der Waals surface area contributed by atoms with Crippen molar-refractivity contribution in [3.8, 4) is 0 Å². The first-order valence-electron chi connectivity index (χ1n) is 11.7. The standard InChI is InChI=1S/C26H28N4O4S/c1-4-30-23-8-6-5-7-21(23)22-17-20(9-11-24(22)30)10-12-25(31)28-13-15-29(16-14-28)35(32,33)26-18(2)27-34-19(26)3/h5-12,17H,4,13-16H2,1-3H3/b12-10+. The molecular formula is C26H28N4O4S. The summed E-state index contributed by atoms with van der Waals surface area (Å²) in [6, 6.07) is 14.6. The number of hydrogen-bond donors (Lipinski definition) is 0. The van der Waals surface area contributed by atoms with E-state index in [0.29, 0.717) is 18.8 Å². The monoisotopic (exact) mass is 492 g/mol. The van der Waals surface area contributed by atoms with Crippen molar-refractivity contribution in [1.29, 1.82) is 0 Å². The molecule has 5 rings (SSSR count). The van der Waals surface area contributed by atoms with Crippen LogP contribution in [-0.2, 0) is 21.4 Å². The Bertz CT molecular complexity index is 1540. The first-order valence-corrected chi connectivity index (χ1v) is 13.2. The summed E-state index contributed by atoms with van der Waals surface area (Å²) in [6.45, 7) is 7.35. The second-order valence-corrected chi connectivity index (χ2v) is 10.6. The van der Waals surface area contributed by atoms with Gasteiger partial charge in [-0.2, -0.15) is 4.31 Å². The van der Waals surface area contributed by atoms with Gasteiger partial charge in [0.05, 0.1) is 0 Å². The van der Waals surface area contributed by atoms with Crippen molar-refractivity contribution < 1.29 is 17.7 Å². The van der Waals surface area contributed by atoms with E-state index in [9.17, 15) is 13.2 Å². The van der Waals surface area contributed by atoms with E-state index in [2.05, 4.69) is 40.9 Å². The van der Waals surface area contributed by atoms with Crippen LogP contribution in [0.3, 0.4) is 0 Å². The fraction of sp³-hybridized carbons (Fsp3) is 0.308. The SMILES string of the molecule is CCn1c2ccccc2c2cc(/C=C/C(=O)N3CCN(S(=O)(=O)c4c(C)noc4C)CC3)ccc21. The minimum absolute atomic E-state index is 0.122. The second-order valence-electron chi connectivity index (χ2n) is 8.75. The summed E-state index contributed by atoms with van der Waals surface area (Å²) in [4.78, 5) is 14.6. The largest absolute Gasteiger partial charge is 0.360 e. The summed E-state index contributed by atoms with van der Waals surface area (Å²) in [7, 11) is -3.70. The van der Waals surface area contributed by atoms with Crippen molar-refractivity contribution in [3.63, 3.8) is 0 Å². The van der Waals surface area contributed by atoms with E-state index >= 15 is 0 Å². The van der Waals surface area contributed by atoms with Gasteiger partial charge in [-0.3, -0.25) is 4.79 Å². The molecule has 182 valence electrons. The number of hydrogen-bond acceptors (Lipinski definition) is 5. The Morgan fingerprint density at radius 2 is 1.74 bits per heavy atom. The van der Waals surface area contributed by atoms with Crippen molar-refractivity contribution in [2.45, 2.75) is 32.2 Å². The molecule has 9 heteroatoms. The Morgan fingerprint density at radius 1 is 1.03 bits per heavy atom. The number of nitrogens with zero attached hydrogens (tertiary/aromatic N) is 4. The Balaban J connectivity index is 1.30. The first kappa shape index (κ1) is 23.3. The van der Waals surface area contributed by atoms with Crippen LogP contribution in [-0.4, -0.2) is 59.4 Å². The fourth-order valence-corrected chi connectivity index (χ4v) is 6.62. The van der Waals surface area contributed by atoms with E-state index in [4.69, 9.17) is 4.52 Å². The van der Waals surface area contributed by atoms with E-state index in [1.165, 1.54) is 20.7 Å². The molecule has 0 saturated carbocycles. The molecule has 0 radical (unpaired) electrons. The average Bonchev–Trinajstić information content (AvgIpc) is 3.38. The molecule has 0 aliphatic carbocycles. The number of carbonyl (C=O) groups excluding carboxylic acids is 1. The van der Waals surface area contributed by atoms with Crippen molar-refractivity contribution >= 4 is 43.8 Å². The van der Waals surface area contributed by atoms with Gasteiger partial charge in [-0.25, -0.2) is 8.42 Å². The van der Waals surface area contributed by atoms with Gasteiger partial charge < -0.3 is 14.0 Å². The zero-order valence-electron chi connectivity index (χ0n) is 20.1. The van der Waals surface area contributed by atoms with Crippen LogP contribution in [0.1, 0.15) is 23.9 Å². The molecule has 0 atom stereocenters. The lowest BCUT2D eigenvalue weighted by Crippen LogP contribution is -2.50. The van der Waals surface area contributed by atoms with Gasteiger partial charge in [0.25, 0.3) is 0 Å². The molecule has 1 aliphatic rings. The summed E-state index contributed by atoms with van der Waals surface area (Å²) >= 11 is 0. The molecule has 4 aromatic rings. The summed E-state index contributed by atoms with van der Waals surface area (Å²) < 4.78 is 34.7. The molecule has 1 amide bonds. The number of piperazine rings is 1. The maximum atomic E-state index is 13.0. The van der Waals surface area contributed by atoms with Gasteiger partial charge in [0, 0.05) is 60.6 Å². The Morgan fingerprint density at radius 3 is 2.43 bits per heavy atom. The maximum absolute atomic E-state index is 13.0. The minimum atomic E-state index is -3.70. The number of sulfonamides is 1. The second kappa shape index (κ2) is 8.98. The molecule has 0 N–H and O–H groups in total. The van der Waals surface area contributed by atoms with Crippen molar-refractivity contribution in [2.75, 3.05) is 26.2 Å². The number of aryl methyl sites for hydroxylation is 3. The molecule has 0 spiro atoms. The molecular weight excluding hydrogens is 464 g/mol. The molecule has 2 aromatic heterocycles. The number of rotatable bonds is 5. The Hall–Kier alpha value is -3.43. The molecule has 35 heavy (non-hydrogen) atoms. The van der Waals surface area contributed by atoms with E-state index in [-0.39, 0.29) is 29.7 Å². The molecule has 1 fully saturated rings. The van der Waals surface area contributed by atoms with Crippen LogP contribution < -0.4 is 0 Å². The number of benzene rings is 2. The molecule has 2 aromatic carbocycles. The Labute approximate surface area is 204 Å². The summed E-state index contributed by atoms with van der Waals surface area (Å²) in [6.07, 6.45) is 3.39. The molecule has 1 saturated heterocycles. The number of fused-ring (bicyclic) bond motifs is 3. The number of aromatic nitrogens is 2. The van der Waals surface area contributed by atoms with Gasteiger partial charge in [0.1, 0.15) is 10.6 Å². The molecule has 8 nitrogen and oxygen atoms in total. The predicted molar refractivity (Wildman–Crippen MR) is 135 cm³/mol. The Kier molecular flexibility index (Phi) is 5.98. The topological polar surface area (TPSA) is 88.7 Å². The molecule has 0 bridgehead atoms. The summed E-state index contributed by atoms with van der Waals surface area (Å²) in [5, 5.41) is 6.12. The highest BCUT2D eigenvalue weighted by atomic mass is 32.2. The lowest BCUT2D eigenvalue weighted by atomic mass is 10.1. The normalized spacial score (nSPS) is 15.6. The number of carbonyl (C=O) groups is 1. The van der Waals surface area contributed by atoms with Crippen LogP contribution in [0.25, 0.3) is 27.9 Å². The van der Waals surface area contributed by atoms with Crippen LogP contribution >= 0.6 is 0 Å². The van der Waals surface area contributed by atoms with E-state index in [0.717, 1.165) is 17.5 Å². The molecule has 3 heterocycles. The lowest BCUT2D eigenvalue weighted by molar-refractivity contribution is -0.127. The zero-order valence-corrected chi connectivity index (χ0v) is 20.9. The highest BCUT2D eigenvalue weighted by Gasteiger charge is 2.33. The zero-order chi connectivity index (χ0) is 24.7. The van der Waals surface area contributed by atoms with Crippen LogP contribution in [0.2, 0.25) is 0 Å². The van der Waals surface area contributed by atoms with Gasteiger partial charge in [0.2, 0.25) is 15.9 Å². The summed E-state index contributed by atoms with van der Waals surface area (Å²) in [5.74, 6) is 0.151. The van der Waals surface area contributed by atoms with Crippen molar-refractivity contribution in [3.05, 3.63) is 65.6 Å². The third kappa shape index (κ3) is 4.04. The summed E-state index contributed by atoms with van der Waals surface area (Å²) in [5.41, 5.74) is 3.67. The third-order valence-electron chi connectivity index (χ3n) is 6.65. The van der Waals surface area contributed by atoms with Crippen LogP contribution in [0.5, 0.6) is 0 Å². The fourth-order valence-electron chi connectivity index (χ4n) is 4.91. The van der Waals surface area contributed by atoms with E-state index in [1.807, 2.05) is 24.3 Å². The number of para-hydroxylation sites is 1. The van der Waals surface area contributed by atoms with Crippen LogP contribution in [0, 0.1) is 13.8 Å². The van der Waals surface area contributed by atoms with Gasteiger partial charge >= 0.3 is 0 Å². The smallest absolute Gasteiger partial charge is 0.248 e. The van der Waals surface area contributed by atoms with Crippen molar-refractivity contribution in [2.24, 2.45) is 0 Å².